The van der Waals surface area contributed by atoms with Crippen LogP contribution in [0.5, 0.6) is 11.5 Å². The van der Waals surface area contributed by atoms with Crippen LogP contribution < -0.4 is 14.8 Å². The second kappa shape index (κ2) is 9.52. The molecule has 1 aromatic rings. The molecule has 0 heterocycles. The second-order valence-electron chi connectivity index (χ2n) is 6.38. The number of methoxy groups -OCH3 is 2. The molecule has 0 radical (unpaired) electrons. The molecule has 1 aromatic carbocycles. The van der Waals surface area contributed by atoms with Crippen LogP contribution >= 0.6 is 0 Å². The van der Waals surface area contributed by atoms with E-state index >= 15 is 0 Å². The summed E-state index contributed by atoms with van der Waals surface area (Å²) in [5.41, 5.74) is 0.845. The minimum absolute atomic E-state index is 0.0289. The number of carbonyl (C=O) groups is 1. The van der Waals surface area contributed by atoms with Gasteiger partial charge in [0.05, 0.1) is 33.4 Å². The quantitative estimate of drug-likeness (QED) is 0.742. The molecule has 1 fully saturated rings. The molecule has 0 aliphatic heterocycles. The van der Waals surface area contributed by atoms with Gasteiger partial charge < -0.3 is 19.5 Å². The number of carbonyl (C=O) groups excluding carboxylic acids is 1. The molecule has 0 bridgehead atoms. The highest BCUT2D eigenvalue weighted by Crippen LogP contribution is 2.26. The summed E-state index contributed by atoms with van der Waals surface area (Å²) in [5, 5.41) is 2.91. The summed E-state index contributed by atoms with van der Waals surface area (Å²) >= 11 is 0. The van der Waals surface area contributed by atoms with Crippen molar-refractivity contribution in [2.45, 2.75) is 45.1 Å². The normalized spacial score (nSPS) is 20.5. The van der Waals surface area contributed by atoms with E-state index in [0.717, 1.165) is 12.0 Å². The number of rotatable bonds is 8. The van der Waals surface area contributed by atoms with Gasteiger partial charge in [-0.2, -0.15) is 0 Å². The highest BCUT2D eigenvalue weighted by atomic mass is 16.5. The van der Waals surface area contributed by atoms with Crippen LogP contribution in [0, 0.1) is 5.92 Å². The van der Waals surface area contributed by atoms with E-state index in [1.54, 1.807) is 20.3 Å². The topological polar surface area (TPSA) is 56.8 Å². The Labute approximate surface area is 144 Å². The standard InChI is InChI=1S/C19H29NO4/c1-14-6-4-5-7-17(14)24-11-10-20-19(21)12-15-8-9-16(22-2)13-18(15)23-3/h8-9,13-14,17H,4-7,10-12H2,1-3H3,(H,20,21)/t14-,17-/m0/s1. The third-order valence-corrected chi connectivity index (χ3v) is 4.63. The summed E-state index contributed by atoms with van der Waals surface area (Å²) in [4.78, 5) is 12.1. The van der Waals surface area contributed by atoms with Gasteiger partial charge in [-0.1, -0.05) is 25.8 Å². The van der Waals surface area contributed by atoms with Crippen molar-refractivity contribution in [1.29, 1.82) is 0 Å². The van der Waals surface area contributed by atoms with Gasteiger partial charge in [0.1, 0.15) is 11.5 Å². The lowest BCUT2D eigenvalue weighted by atomic mass is 9.88. The zero-order chi connectivity index (χ0) is 17.4. The average Bonchev–Trinajstić information content (AvgIpc) is 2.60. The molecule has 5 nitrogen and oxygen atoms in total. The molecule has 1 aliphatic carbocycles. The van der Waals surface area contributed by atoms with Crippen LogP contribution in [0.4, 0.5) is 0 Å². The van der Waals surface area contributed by atoms with E-state index < -0.39 is 0 Å². The number of ether oxygens (including phenoxy) is 3. The van der Waals surface area contributed by atoms with Crippen LogP contribution in [0.1, 0.15) is 38.2 Å². The molecule has 1 aliphatic rings. The first-order valence-electron chi connectivity index (χ1n) is 8.73. The fourth-order valence-electron chi connectivity index (χ4n) is 3.16. The van der Waals surface area contributed by atoms with E-state index in [0.29, 0.717) is 36.7 Å². The van der Waals surface area contributed by atoms with E-state index in [9.17, 15) is 4.79 Å². The van der Waals surface area contributed by atoms with E-state index in [-0.39, 0.29) is 12.3 Å². The van der Waals surface area contributed by atoms with Gasteiger partial charge in [-0.05, 0) is 24.8 Å². The van der Waals surface area contributed by atoms with Crippen molar-refractivity contribution in [3.05, 3.63) is 23.8 Å². The molecule has 24 heavy (non-hydrogen) atoms. The lowest BCUT2D eigenvalue weighted by molar-refractivity contribution is -0.120. The first kappa shape index (κ1) is 18.6. The van der Waals surface area contributed by atoms with Gasteiger partial charge >= 0.3 is 0 Å². The van der Waals surface area contributed by atoms with Crippen LogP contribution in [-0.2, 0) is 16.0 Å². The molecule has 2 rings (SSSR count). The third-order valence-electron chi connectivity index (χ3n) is 4.63. The maximum atomic E-state index is 12.1. The Morgan fingerprint density at radius 2 is 2.00 bits per heavy atom. The second-order valence-corrected chi connectivity index (χ2v) is 6.38. The molecule has 2 atom stereocenters. The molecule has 0 aromatic heterocycles. The van der Waals surface area contributed by atoms with Crippen molar-refractivity contribution in [2.24, 2.45) is 5.92 Å². The van der Waals surface area contributed by atoms with Crippen molar-refractivity contribution >= 4 is 5.91 Å². The fraction of sp³-hybridized carbons (Fsp3) is 0.632. The van der Waals surface area contributed by atoms with Gasteiger partial charge in [-0.25, -0.2) is 0 Å². The van der Waals surface area contributed by atoms with Gasteiger partial charge in [-0.3, -0.25) is 4.79 Å². The lowest BCUT2D eigenvalue weighted by Gasteiger charge is -2.28. The maximum Gasteiger partial charge on any atom is 0.224 e. The highest BCUT2D eigenvalue weighted by molar-refractivity contribution is 5.79. The molecule has 1 amide bonds. The summed E-state index contributed by atoms with van der Waals surface area (Å²) in [6.07, 6.45) is 5.57. The molecule has 0 spiro atoms. The van der Waals surface area contributed by atoms with Gasteiger partial charge in [-0.15, -0.1) is 0 Å². The fourth-order valence-corrected chi connectivity index (χ4v) is 3.16. The van der Waals surface area contributed by atoms with Crippen molar-refractivity contribution in [1.82, 2.24) is 5.32 Å². The van der Waals surface area contributed by atoms with Crippen LogP contribution in [0.25, 0.3) is 0 Å². The predicted molar refractivity (Wildman–Crippen MR) is 93.6 cm³/mol. The molecule has 1 saturated carbocycles. The lowest BCUT2D eigenvalue weighted by Crippen LogP contribution is -2.32. The monoisotopic (exact) mass is 335 g/mol. The van der Waals surface area contributed by atoms with Crippen LogP contribution in [0.15, 0.2) is 18.2 Å². The van der Waals surface area contributed by atoms with Crippen LogP contribution in [0.3, 0.4) is 0 Å². The Bertz CT molecular complexity index is 532. The van der Waals surface area contributed by atoms with Crippen molar-refractivity contribution in [2.75, 3.05) is 27.4 Å². The summed E-state index contributed by atoms with van der Waals surface area (Å²) in [6, 6.07) is 5.48. The number of benzene rings is 1. The van der Waals surface area contributed by atoms with E-state index in [2.05, 4.69) is 12.2 Å². The molecule has 5 heteroatoms. The van der Waals surface area contributed by atoms with Gasteiger partial charge in [0.25, 0.3) is 0 Å². The van der Waals surface area contributed by atoms with Gasteiger partial charge in [0, 0.05) is 18.2 Å². The number of hydrogen-bond acceptors (Lipinski definition) is 4. The first-order valence-corrected chi connectivity index (χ1v) is 8.73. The molecular formula is C19H29NO4. The average molecular weight is 335 g/mol. The Kier molecular flexibility index (Phi) is 7.37. The molecule has 0 saturated heterocycles. The zero-order valence-corrected chi connectivity index (χ0v) is 15.0. The molecule has 1 N–H and O–H groups in total. The predicted octanol–water partition coefficient (Wildman–Crippen LogP) is 2.96. The highest BCUT2D eigenvalue weighted by Gasteiger charge is 2.21. The summed E-state index contributed by atoms with van der Waals surface area (Å²) in [5.74, 6) is 1.97. The van der Waals surface area contributed by atoms with Crippen molar-refractivity contribution in [3.63, 3.8) is 0 Å². The summed E-state index contributed by atoms with van der Waals surface area (Å²) in [6.45, 7) is 3.36. The van der Waals surface area contributed by atoms with Crippen LogP contribution in [-0.4, -0.2) is 39.4 Å². The first-order chi connectivity index (χ1) is 11.6. The maximum absolute atomic E-state index is 12.1. The summed E-state index contributed by atoms with van der Waals surface area (Å²) < 4.78 is 16.4. The Morgan fingerprint density at radius 1 is 1.21 bits per heavy atom. The number of nitrogens with one attached hydrogen (secondary N) is 1. The number of amides is 1. The minimum Gasteiger partial charge on any atom is -0.497 e. The van der Waals surface area contributed by atoms with Crippen LogP contribution in [0.2, 0.25) is 0 Å². The Morgan fingerprint density at radius 3 is 2.71 bits per heavy atom. The van der Waals surface area contributed by atoms with E-state index in [1.165, 1.54) is 19.3 Å². The summed E-state index contributed by atoms with van der Waals surface area (Å²) in [7, 11) is 3.20. The Hall–Kier alpha value is -1.75. The van der Waals surface area contributed by atoms with Crippen molar-refractivity contribution < 1.29 is 19.0 Å². The van der Waals surface area contributed by atoms with Crippen molar-refractivity contribution in [3.8, 4) is 11.5 Å². The van der Waals surface area contributed by atoms with Gasteiger partial charge in [0.2, 0.25) is 5.91 Å². The largest absolute Gasteiger partial charge is 0.497 e. The third kappa shape index (κ3) is 5.41. The van der Waals surface area contributed by atoms with Gasteiger partial charge in [0.15, 0.2) is 0 Å². The molecular weight excluding hydrogens is 306 g/mol. The van der Waals surface area contributed by atoms with E-state index in [4.69, 9.17) is 14.2 Å². The molecule has 0 unspecified atom stereocenters. The van der Waals surface area contributed by atoms with E-state index in [1.807, 2.05) is 12.1 Å². The SMILES string of the molecule is COc1ccc(CC(=O)NCCO[C@H]2CCCC[C@@H]2C)c(OC)c1. The minimum atomic E-state index is -0.0289. The Balaban J connectivity index is 1.73. The molecule has 134 valence electrons. The zero-order valence-electron chi connectivity index (χ0n) is 15.0. The smallest absolute Gasteiger partial charge is 0.224 e. The number of hydrogen-bond donors (Lipinski definition) is 1.